The van der Waals surface area contributed by atoms with E-state index in [1.54, 1.807) is 6.07 Å². The van der Waals surface area contributed by atoms with E-state index in [-0.39, 0.29) is 17.1 Å². The first kappa shape index (κ1) is 13.2. The Morgan fingerprint density at radius 2 is 2.06 bits per heavy atom. The lowest BCUT2D eigenvalue weighted by Gasteiger charge is -2.07. The van der Waals surface area contributed by atoms with E-state index >= 15 is 0 Å². The highest BCUT2D eigenvalue weighted by atomic mass is 35.5. The summed E-state index contributed by atoms with van der Waals surface area (Å²) in [4.78, 5) is 21.2. The number of urea groups is 1. The van der Waals surface area contributed by atoms with Crippen LogP contribution in [0.2, 0.25) is 5.02 Å². The first-order valence-corrected chi connectivity index (χ1v) is 5.05. The minimum absolute atomic E-state index is 0.0322. The van der Waals surface area contributed by atoms with E-state index in [4.69, 9.17) is 16.7 Å². The fraction of sp³-hybridized carbons (Fsp3) is 0.200. The van der Waals surface area contributed by atoms with Crippen molar-refractivity contribution in [1.29, 1.82) is 0 Å². The van der Waals surface area contributed by atoms with Crippen molar-refractivity contribution >= 4 is 23.6 Å². The Balaban J connectivity index is 2.47. The highest BCUT2D eigenvalue weighted by Crippen LogP contribution is 2.17. The molecule has 1 rings (SSSR count). The van der Waals surface area contributed by atoms with E-state index < -0.39 is 24.4 Å². The molecule has 0 heterocycles. The highest BCUT2D eigenvalue weighted by Gasteiger charge is 2.08. The summed E-state index contributed by atoms with van der Waals surface area (Å²) in [6.07, 6.45) is 0. The number of carboxylic acids is 1. The van der Waals surface area contributed by atoms with Gasteiger partial charge in [-0.3, -0.25) is 4.79 Å². The molecule has 2 amide bonds. The third kappa shape index (κ3) is 4.28. The second kappa shape index (κ2) is 6.05. The van der Waals surface area contributed by atoms with Crippen LogP contribution in [0.5, 0.6) is 0 Å². The number of hydrogen-bond acceptors (Lipinski definition) is 2. The zero-order valence-corrected chi connectivity index (χ0v) is 9.42. The maximum atomic E-state index is 13.4. The summed E-state index contributed by atoms with van der Waals surface area (Å²) in [6.45, 7) is -0.568. The molecule has 92 valence electrons. The molecule has 0 aromatic heterocycles. The fourth-order valence-corrected chi connectivity index (χ4v) is 1.27. The summed E-state index contributed by atoms with van der Waals surface area (Å²) < 4.78 is 13.4. The lowest BCUT2D eigenvalue weighted by atomic mass is 10.2. The van der Waals surface area contributed by atoms with Gasteiger partial charge in [-0.1, -0.05) is 23.7 Å². The number of carbonyl (C=O) groups is 2. The fourth-order valence-electron chi connectivity index (χ4n) is 1.08. The maximum absolute atomic E-state index is 13.4. The minimum atomic E-state index is -1.16. The molecule has 0 saturated carbocycles. The molecule has 1 aromatic rings. The number of halogens is 2. The van der Waals surface area contributed by atoms with Gasteiger partial charge >= 0.3 is 12.0 Å². The average Bonchev–Trinajstić information content (AvgIpc) is 2.28. The zero-order chi connectivity index (χ0) is 12.8. The van der Waals surface area contributed by atoms with E-state index in [1.165, 1.54) is 12.1 Å². The first-order chi connectivity index (χ1) is 8.00. The molecule has 0 spiro atoms. The van der Waals surface area contributed by atoms with Crippen molar-refractivity contribution in [2.24, 2.45) is 0 Å². The van der Waals surface area contributed by atoms with Gasteiger partial charge in [-0.25, -0.2) is 9.18 Å². The smallest absolute Gasteiger partial charge is 0.323 e. The van der Waals surface area contributed by atoms with Crippen LogP contribution in [0.15, 0.2) is 18.2 Å². The normalized spacial score (nSPS) is 9.76. The monoisotopic (exact) mass is 260 g/mol. The van der Waals surface area contributed by atoms with Gasteiger partial charge in [-0.15, -0.1) is 0 Å². The lowest BCUT2D eigenvalue weighted by molar-refractivity contribution is -0.135. The highest BCUT2D eigenvalue weighted by molar-refractivity contribution is 6.30. The third-order valence-electron chi connectivity index (χ3n) is 1.87. The van der Waals surface area contributed by atoms with Crippen LogP contribution in [-0.4, -0.2) is 23.7 Å². The van der Waals surface area contributed by atoms with Crippen molar-refractivity contribution in [2.75, 3.05) is 6.54 Å². The van der Waals surface area contributed by atoms with Crippen molar-refractivity contribution in [2.45, 2.75) is 6.54 Å². The molecule has 7 heteroatoms. The number of rotatable bonds is 4. The summed E-state index contributed by atoms with van der Waals surface area (Å²) in [5.74, 6) is -1.76. The molecular formula is C10H10ClFN2O3. The Hall–Kier alpha value is -1.82. The van der Waals surface area contributed by atoms with Gasteiger partial charge in [0.05, 0.1) is 5.02 Å². The number of nitrogens with one attached hydrogen (secondary N) is 2. The van der Waals surface area contributed by atoms with Crippen LogP contribution in [0.25, 0.3) is 0 Å². The van der Waals surface area contributed by atoms with Gasteiger partial charge in [0.1, 0.15) is 12.4 Å². The molecule has 0 aliphatic rings. The Bertz CT molecular complexity index is 440. The van der Waals surface area contributed by atoms with E-state index in [1.807, 2.05) is 0 Å². The number of aliphatic carboxylic acids is 1. The Kier molecular flexibility index (Phi) is 4.71. The number of carbonyl (C=O) groups excluding carboxylic acids is 1. The maximum Gasteiger partial charge on any atom is 0.323 e. The van der Waals surface area contributed by atoms with Crippen LogP contribution in [0.1, 0.15) is 5.56 Å². The molecule has 0 radical (unpaired) electrons. The van der Waals surface area contributed by atoms with Gasteiger partial charge in [-0.2, -0.15) is 0 Å². The van der Waals surface area contributed by atoms with Gasteiger partial charge in [0, 0.05) is 12.1 Å². The SMILES string of the molecule is O=C(O)CNC(=O)NCc1cccc(Cl)c1F. The van der Waals surface area contributed by atoms with Crippen molar-refractivity contribution in [3.63, 3.8) is 0 Å². The number of amides is 2. The van der Waals surface area contributed by atoms with E-state index in [9.17, 15) is 14.0 Å². The second-order valence-electron chi connectivity index (χ2n) is 3.14. The molecule has 0 bridgehead atoms. The Morgan fingerprint density at radius 1 is 1.35 bits per heavy atom. The van der Waals surface area contributed by atoms with Crippen molar-refractivity contribution in [3.05, 3.63) is 34.6 Å². The summed E-state index contributed by atoms with van der Waals surface area (Å²) in [7, 11) is 0. The third-order valence-corrected chi connectivity index (χ3v) is 2.16. The van der Waals surface area contributed by atoms with E-state index in [0.717, 1.165) is 0 Å². The molecule has 5 nitrogen and oxygen atoms in total. The summed E-state index contributed by atoms with van der Waals surface area (Å²) in [5, 5.41) is 12.7. The second-order valence-corrected chi connectivity index (χ2v) is 3.55. The number of carboxylic acid groups (broad SMARTS) is 1. The molecule has 0 unspecified atom stereocenters. The summed E-state index contributed by atoms with van der Waals surface area (Å²) in [6, 6.07) is 3.73. The molecule has 0 aliphatic heterocycles. The average molecular weight is 261 g/mol. The van der Waals surface area contributed by atoms with Crippen LogP contribution < -0.4 is 10.6 Å². The van der Waals surface area contributed by atoms with Gasteiger partial charge in [0.25, 0.3) is 0 Å². The van der Waals surface area contributed by atoms with Crippen molar-refractivity contribution in [1.82, 2.24) is 10.6 Å². The topological polar surface area (TPSA) is 78.4 Å². The van der Waals surface area contributed by atoms with Crippen LogP contribution in [0.3, 0.4) is 0 Å². The van der Waals surface area contributed by atoms with E-state index in [0.29, 0.717) is 0 Å². The molecule has 0 atom stereocenters. The molecule has 0 saturated heterocycles. The zero-order valence-electron chi connectivity index (χ0n) is 8.67. The van der Waals surface area contributed by atoms with Gasteiger partial charge < -0.3 is 15.7 Å². The standard InChI is InChI=1S/C10H10ClFN2O3/c11-7-3-1-2-6(9(7)12)4-13-10(17)14-5-8(15)16/h1-3H,4-5H2,(H,15,16)(H2,13,14,17). The molecule has 0 aliphatic carbocycles. The van der Waals surface area contributed by atoms with Crippen LogP contribution >= 0.6 is 11.6 Å². The molecule has 1 aromatic carbocycles. The Morgan fingerprint density at radius 3 is 2.71 bits per heavy atom. The Labute approximate surface area is 102 Å². The number of hydrogen-bond donors (Lipinski definition) is 3. The van der Waals surface area contributed by atoms with E-state index in [2.05, 4.69) is 10.6 Å². The minimum Gasteiger partial charge on any atom is -0.480 e. The van der Waals surface area contributed by atoms with Crippen LogP contribution in [-0.2, 0) is 11.3 Å². The number of benzene rings is 1. The van der Waals surface area contributed by atoms with Crippen LogP contribution in [0, 0.1) is 5.82 Å². The van der Waals surface area contributed by atoms with Gasteiger partial charge in [0.15, 0.2) is 0 Å². The van der Waals surface area contributed by atoms with Crippen molar-refractivity contribution < 1.29 is 19.1 Å². The van der Waals surface area contributed by atoms with Crippen LogP contribution in [0.4, 0.5) is 9.18 Å². The van der Waals surface area contributed by atoms with Crippen molar-refractivity contribution in [3.8, 4) is 0 Å². The first-order valence-electron chi connectivity index (χ1n) is 4.67. The molecule has 3 N–H and O–H groups in total. The molecule has 17 heavy (non-hydrogen) atoms. The lowest BCUT2D eigenvalue weighted by Crippen LogP contribution is -2.38. The quantitative estimate of drug-likeness (QED) is 0.765. The van der Waals surface area contributed by atoms with Gasteiger partial charge in [-0.05, 0) is 6.07 Å². The molecule has 0 fully saturated rings. The summed E-state index contributed by atoms with van der Waals surface area (Å²) >= 11 is 5.55. The van der Waals surface area contributed by atoms with Gasteiger partial charge in [0.2, 0.25) is 0 Å². The largest absolute Gasteiger partial charge is 0.480 e. The summed E-state index contributed by atoms with van der Waals surface area (Å²) in [5.41, 5.74) is 0.225. The molecular weight excluding hydrogens is 251 g/mol. The predicted molar refractivity (Wildman–Crippen MR) is 59.3 cm³/mol. The predicted octanol–water partition coefficient (Wildman–Crippen LogP) is 1.36.